The van der Waals surface area contributed by atoms with Crippen LogP contribution in [0.3, 0.4) is 0 Å². The average molecular weight is 406 g/mol. The molecule has 0 saturated carbocycles. The molecule has 0 heterocycles. The first-order valence-electron chi connectivity index (χ1n) is 8.51. The number of methoxy groups -OCH3 is 1. The van der Waals surface area contributed by atoms with E-state index >= 15 is 0 Å². The molecule has 0 aliphatic heterocycles. The Kier molecular flexibility index (Phi) is 7.79. The van der Waals surface area contributed by atoms with Gasteiger partial charge in [0.05, 0.1) is 19.3 Å². The van der Waals surface area contributed by atoms with Crippen LogP contribution >= 0.6 is 15.9 Å². The fourth-order valence-corrected chi connectivity index (χ4v) is 2.77. The lowest BCUT2D eigenvalue weighted by Gasteiger charge is -2.11. The van der Waals surface area contributed by atoms with Gasteiger partial charge in [-0.1, -0.05) is 42.1 Å². The van der Waals surface area contributed by atoms with Crippen LogP contribution in [0.1, 0.15) is 43.0 Å². The van der Waals surface area contributed by atoms with Gasteiger partial charge in [-0.3, -0.25) is 4.79 Å². The van der Waals surface area contributed by atoms with Crippen LogP contribution in [0.15, 0.2) is 46.9 Å². The molecule has 0 saturated heterocycles. The zero-order valence-corrected chi connectivity index (χ0v) is 16.3. The molecule has 25 heavy (non-hydrogen) atoms. The Hall–Kier alpha value is -2.01. The number of unbranched alkanes of at least 4 members (excludes halogenated alkanes) is 3. The molecule has 5 heteroatoms. The molecule has 0 spiro atoms. The predicted octanol–water partition coefficient (Wildman–Crippen LogP) is 5.67. The van der Waals surface area contributed by atoms with Crippen molar-refractivity contribution in [3.63, 3.8) is 0 Å². The van der Waals surface area contributed by atoms with E-state index in [1.54, 1.807) is 19.2 Å². The van der Waals surface area contributed by atoms with Gasteiger partial charge in [0.1, 0.15) is 11.5 Å². The second kappa shape index (κ2) is 10.1. The maximum absolute atomic E-state index is 12.5. The van der Waals surface area contributed by atoms with Crippen molar-refractivity contribution in [2.24, 2.45) is 0 Å². The molecule has 0 unspecified atom stereocenters. The van der Waals surface area contributed by atoms with Crippen LogP contribution in [0, 0.1) is 0 Å². The summed E-state index contributed by atoms with van der Waals surface area (Å²) in [5, 5.41) is 2.88. The van der Waals surface area contributed by atoms with E-state index in [0.717, 1.165) is 23.2 Å². The van der Waals surface area contributed by atoms with Gasteiger partial charge in [0.15, 0.2) is 0 Å². The summed E-state index contributed by atoms with van der Waals surface area (Å²) in [5.74, 6) is 1.13. The zero-order chi connectivity index (χ0) is 18.1. The van der Waals surface area contributed by atoms with Gasteiger partial charge >= 0.3 is 0 Å². The van der Waals surface area contributed by atoms with Gasteiger partial charge in [-0.2, -0.15) is 0 Å². The third kappa shape index (κ3) is 6.09. The molecule has 134 valence electrons. The summed E-state index contributed by atoms with van der Waals surface area (Å²) in [7, 11) is 1.55. The van der Waals surface area contributed by atoms with Crippen molar-refractivity contribution in [1.82, 2.24) is 0 Å². The molecule has 0 aromatic heterocycles. The quantitative estimate of drug-likeness (QED) is 0.546. The van der Waals surface area contributed by atoms with E-state index in [4.69, 9.17) is 9.47 Å². The normalized spacial score (nSPS) is 10.4. The van der Waals surface area contributed by atoms with Crippen molar-refractivity contribution < 1.29 is 14.3 Å². The van der Waals surface area contributed by atoms with Crippen LogP contribution in [0.25, 0.3) is 0 Å². The topological polar surface area (TPSA) is 47.6 Å². The van der Waals surface area contributed by atoms with E-state index in [9.17, 15) is 4.79 Å². The number of hydrogen-bond donors (Lipinski definition) is 1. The van der Waals surface area contributed by atoms with Gasteiger partial charge in [-0.05, 0) is 48.9 Å². The van der Waals surface area contributed by atoms with Gasteiger partial charge in [0.25, 0.3) is 5.91 Å². The molecule has 2 aromatic rings. The van der Waals surface area contributed by atoms with Gasteiger partial charge in [-0.25, -0.2) is 0 Å². The van der Waals surface area contributed by atoms with Gasteiger partial charge in [-0.15, -0.1) is 0 Å². The second-order valence-electron chi connectivity index (χ2n) is 5.73. The molecule has 0 atom stereocenters. The summed E-state index contributed by atoms with van der Waals surface area (Å²) in [5.41, 5.74) is 1.19. The van der Waals surface area contributed by atoms with Crippen LogP contribution in [0.4, 0.5) is 5.69 Å². The van der Waals surface area contributed by atoms with E-state index < -0.39 is 0 Å². The molecule has 0 fully saturated rings. The lowest BCUT2D eigenvalue weighted by atomic mass is 10.2. The Bertz CT molecular complexity index is 686. The Morgan fingerprint density at radius 2 is 1.84 bits per heavy atom. The van der Waals surface area contributed by atoms with Crippen LogP contribution in [-0.2, 0) is 0 Å². The first-order valence-corrected chi connectivity index (χ1v) is 9.31. The van der Waals surface area contributed by atoms with Crippen LogP contribution in [0.2, 0.25) is 0 Å². The molecule has 2 rings (SSSR count). The van der Waals surface area contributed by atoms with Crippen molar-refractivity contribution in [3.8, 4) is 11.5 Å². The van der Waals surface area contributed by atoms with Crippen molar-refractivity contribution in [3.05, 3.63) is 52.5 Å². The standard InChI is InChI=1S/C20H24BrNO3/c1-3-4-5-6-13-25-17-10-8-16(9-11-17)22-20(23)18-14-15(21)7-12-19(18)24-2/h7-12,14H,3-6,13H2,1-2H3,(H,22,23). The molecule has 4 nitrogen and oxygen atoms in total. The number of benzene rings is 2. The molecule has 1 amide bonds. The highest BCUT2D eigenvalue weighted by molar-refractivity contribution is 9.10. The number of halogens is 1. The fraction of sp³-hybridized carbons (Fsp3) is 0.350. The first-order chi connectivity index (χ1) is 12.1. The molecule has 0 aliphatic carbocycles. The summed E-state index contributed by atoms with van der Waals surface area (Å²) in [6.45, 7) is 2.92. The van der Waals surface area contributed by atoms with Crippen molar-refractivity contribution in [2.75, 3.05) is 19.0 Å². The summed E-state index contributed by atoms with van der Waals surface area (Å²) in [6.07, 6.45) is 4.72. The first kappa shape index (κ1) is 19.3. The maximum Gasteiger partial charge on any atom is 0.259 e. The van der Waals surface area contributed by atoms with Crippen LogP contribution in [-0.4, -0.2) is 19.6 Å². The third-order valence-electron chi connectivity index (χ3n) is 3.78. The molecule has 0 bridgehead atoms. The summed E-state index contributed by atoms with van der Waals surface area (Å²) < 4.78 is 11.8. The number of amides is 1. The van der Waals surface area contributed by atoms with E-state index in [0.29, 0.717) is 17.0 Å². The SMILES string of the molecule is CCCCCCOc1ccc(NC(=O)c2cc(Br)ccc2OC)cc1. The fourth-order valence-electron chi connectivity index (χ4n) is 2.41. The molecule has 1 N–H and O–H groups in total. The number of anilines is 1. The van der Waals surface area contributed by atoms with E-state index in [-0.39, 0.29) is 5.91 Å². The van der Waals surface area contributed by atoms with E-state index in [2.05, 4.69) is 28.2 Å². The minimum absolute atomic E-state index is 0.216. The molecular formula is C20H24BrNO3. The number of carbonyl (C=O) groups excluding carboxylic acids is 1. The minimum Gasteiger partial charge on any atom is -0.496 e. The summed E-state index contributed by atoms with van der Waals surface area (Å²) in [6, 6.07) is 12.7. The maximum atomic E-state index is 12.5. The van der Waals surface area contributed by atoms with Gasteiger partial charge in [0.2, 0.25) is 0 Å². The Morgan fingerprint density at radius 3 is 2.52 bits per heavy atom. The molecule has 2 aromatic carbocycles. The number of nitrogens with one attached hydrogen (secondary N) is 1. The largest absolute Gasteiger partial charge is 0.496 e. The molecular weight excluding hydrogens is 382 g/mol. The van der Waals surface area contributed by atoms with Gasteiger partial charge in [0, 0.05) is 10.2 Å². The monoisotopic (exact) mass is 405 g/mol. The Labute approximate surface area is 157 Å². The lowest BCUT2D eigenvalue weighted by molar-refractivity contribution is 0.102. The van der Waals surface area contributed by atoms with Crippen LogP contribution in [0.5, 0.6) is 11.5 Å². The Balaban J connectivity index is 1.92. The average Bonchev–Trinajstić information content (AvgIpc) is 2.63. The predicted molar refractivity (Wildman–Crippen MR) is 105 cm³/mol. The lowest BCUT2D eigenvalue weighted by Crippen LogP contribution is -2.13. The van der Waals surface area contributed by atoms with Crippen molar-refractivity contribution >= 4 is 27.5 Å². The minimum atomic E-state index is -0.216. The molecule has 0 aliphatic rings. The zero-order valence-electron chi connectivity index (χ0n) is 14.7. The van der Waals surface area contributed by atoms with E-state index in [1.807, 2.05) is 30.3 Å². The highest BCUT2D eigenvalue weighted by atomic mass is 79.9. The number of rotatable bonds is 9. The number of hydrogen-bond acceptors (Lipinski definition) is 3. The summed E-state index contributed by atoms with van der Waals surface area (Å²) >= 11 is 3.38. The van der Waals surface area contributed by atoms with Gasteiger partial charge < -0.3 is 14.8 Å². The molecule has 0 radical (unpaired) electrons. The Morgan fingerprint density at radius 1 is 1.08 bits per heavy atom. The van der Waals surface area contributed by atoms with Crippen LogP contribution < -0.4 is 14.8 Å². The van der Waals surface area contributed by atoms with E-state index in [1.165, 1.54) is 19.3 Å². The second-order valence-corrected chi connectivity index (χ2v) is 6.65. The highest BCUT2D eigenvalue weighted by Crippen LogP contribution is 2.24. The number of carbonyl (C=O) groups is 1. The third-order valence-corrected chi connectivity index (χ3v) is 4.28. The van der Waals surface area contributed by atoms with Crippen molar-refractivity contribution in [2.45, 2.75) is 32.6 Å². The smallest absolute Gasteiger partial charge is 0.259 e. The van der Waals surface area contributed by atoms with Crippen molar-refractivity contribution in [1.29, 1.82) is 0 Å². The highest BCUT2D eigenvalue weighted by Gasteiger charge is 2.13. The summed E-state index contributed by atoms with van der Waals surface area (Å²) in [4.78, 5) is 12.5. The number of ether oxygens (including phenoxy) is 2.